The lowest BCUT2D eigenvalue weighted by Gasteiger charge is -2.10. The van der Waals surface area contributed by atoms with Crippen LogP contribution in [0.4, 0.5) is 9.18 Å². The molecule has 0 atom stereocenters. The summed E-state index contributed by atoms with van der Waals surface area (Å²) in [6, 6.07) is 12.0. The van der Waals surface area contributed by atoms with Gasteiger partial charge in [-0.25, -0.2) is 14.0 Å². The van der Waals surface area contributed by atoms with E-state index >= 15 is 0 Å². The summed E-state index contributed by atoms with van der Waals surface area (Å²) in [7, 11) is 0. The van der Waals surface area contributed by atoms with Crippen molar-refractivity contribution in [3.8, 4) is 0 Å². The van der Waals surface area contributed by atoms with Crippen molar-refractivity contribution in [1.29, 1.82) is 0 Å². The van der Waals surface area contributed by atoms with E-state index in [-0.39, 0.29) is 24.4 Å². The van der Waals surface area contributed by atoms with Gasteiger partial charge in [0.2, 0.25) is 0 Å². The third-order valence-corrected chi connectivity index (χ3v) is 3.80. The van der Waals surface area contributed by atoms with Crippen molar-refractivity contribution in [3.63, 3.8) is 0 Å². The second-order valence-electron chi connectivity index (χ2n) is 6.66. The average Bonchev–Trinajstić information content (AvgIpc) is 2.70. The molecule has 0 aliphatic carbocycles. The fourth-order valence-electron chi connectivity index (χ4n) is 2.32. The molecule has 0 spiro atoms. The van der Waals surface area contributed by atoms with E-state index in [9.17, 15) is 18.8 Å². The summed E-state index contributed by atoms with van der Waals surface area (Å²) in [6.07, 6.45) is 0. The highest BCUT2D eigenvalue weighted by atomic mass is 19.1. The molecule has 3 N–H and O–H groups in total. The van der Waals surface area contributed by atoms with Crippen LogP contribution in [0.25, 0.3) is 0 Å². The topological polar surface area (TPSA) is 96.5 Å². The largest absolute Gasteiger partial charge is 0.452 e. The Labute approximate surface area is 168 Å². The molecule has 29 heavy (non-hydrogen) atoms. The molecular formula is C21H24FN3O4. The van der Waals surface area contributed by atoms with Gasteiger partial charge in [0.25, 0.3) is 5.91 Å². The zero-order valence-corrected chi connectivity index (χ0v) is 16.3. The van der Waals surface area contributed by atoms with E-state index in [1.165, 1.54) is 12.1 Å². The predicted molar refractivity (Wildman–Crippen MR) is 105 cm³/mol. The molecule has 8 heteroatoms. The summed E-state index contributed by atoms with van der Waals surface area (Å²) in [5, 5.41) is 8.01. The number of ether oxygens (including phenoxy) is 1. The van der Waals surface area contributed by atoms with Gasteiger partial charge in [-0.05, 0) is 49.2 Å². The van der Waals surface area contributed by atoms with Crippen LogP contribution >= 0.6 is 0 Å². The van der Waals surface area contributed by atoms with E-state index in [1.54, 1.807) is 36.4 Å². The van der Waals surface area contributed by atoms with Gasteiger partial charge < -0.3 is 20.7 Å². The van der Waals surface area contributed by atoms with Gasteiger partial charge in [0.1, 0.15) is 5.82 Å². The minimum atomic E-state index is -0.626. The Bertz CT molecular complexity index is 836. The molecule has 0 saturated heterocycles. The lowest BCUT2D eigenvalue weighted by Crippen LogP contribution is -2.39. The van der Waals surface area contributed by atoms with Crippen molar-refractivity contribution in [2.75, 3.05) is 6.61 Å². The summed E-state index contributed by atoms with van der Waals surface area (Å²) in [6.45, 7) is 3.84. The standard InChI is InChI=1S/C21H24FN3O4/c1-14(2)25-21(28)24-12-15-3-7-17(8-4-15)20(27)29-13-19(26)23-11-16-5-9-18(22)10-6-16/h3-10,14H,11-13H2,1-2H3,(H,23,26)(H2,24,25,28). The van der Waals surface area contributed by atoms with Crippen LogP contribution in [0.2, 0.25) is 0 Å². The summed E-state index contributed by atoms with van der Waals surface area (Å²) in [4.78, 5) is 35.4. The van der Waals surface area contributed by atoms with Crippen LogP contribution < -0.4 is 16.0 Å². The van der Waals surface area contributed by atoms with Crippen LogP contribution in [0.3, 0.4) is 0 Å². The molecule has 0 saturated carbocycles. The zero-order valence-electron chi connectivity index (χ0n) is 16.3. The predicted octanol–water partition coefficient (Wildman–Crippen LogP) is 2.51. The highest BCUT2D eigenvalue weighted by Gasteiger charge is 2.10. The number of carbonyl (C=O) groups excluding carboxylic acids is 3. The minimum absolute atomic E-state index is 0.0417. The summed E-state index contributed by atoms with van der Waals surface area (Å²) in [5.74, 6) is -1.44. The third kappa shape index (κ3) is 8.00. The smallest absolute Gasteiger partial charge is 0.338 e. The second-order valence-corrected chi connectivity index (χ2v) is 6.66. The van der Waals surface area contributed by atoms with E-state index in [1.807, 2.05) is 13.8 Å². The molecule has 2 aromatic carbocycles. The second kappa shape index (κ2) is 10.8. The van der Waals surface area contributed by atoms with Crippen molar-refractivity contribution in [1.82, 2.24) is 16.0 Å². The van der Waals surface area contributed by atoms with Crippen LogP contribution in [0.15, 0.2) is 48.5 Å². The number of carbonyl (C=O) groups is 3. The van der Waals surface area contributed by atoms with E-state index in [2.05, 4.69) is 16.0 Å². The van der Waals surface area contributed by atoms with Crippen LogP contribution in [0.1, 0.15) is 35.3 Å². The molecule has 2 rings (SSSR count). The Balaban J connectivity index is 1.73. The Morgan fingerprint density at radius 2 is 1.45 bits per heavy atom. The number of rotatable bonds is 8. The molecule has 0 aliphatic rings. The van der Waals surface area contributed by atoms with Gasteiger partial charge >= 0.3 is 12.0 Å². The molecule has 0 bridgehead atoms. The molecule has 154 valence electrons. The average molecular weight is 401 g/mol. The van der Waals surface area contributed by atoms with Gasteiger partial charge in [-0.15, -0.1) is 0 Å². The summed E-state index contributed by atoms with van der Waals surface area (Å²) in [5.41, 5.74) is 1.85. The number of benzene rings is 2. The van der Waals surface area contributed by atoms with Crippen LogP contribution in [0, 0.1) is 5.82 Å². The maximum atomic E-state index is 12.8. The molecule has 0 fully saturated rings. The van der Waals surface area contributed by atoms with E-state index < -0.39 is 18.5 Å². The summed E-state index contributed by atoms with van der Waals surface area (Å²) >= 11 is 0. The first-order valence-electron chi connectivity index (χ1n) is 9.15. The van der Waals surface area contributed by atoms with E-state index in [0.717, 1.165) is 11.1 Å². The van der Waals surface area contributed by atoms with Crippen LogP contribution in [-0.4, -0.2) is 30.6 Å². The maximum absolute atomic E-state index is 12.8. The first kappa shape index (κ1) is 21.9. The molecule has 0 radical (unpaired) electrons. The van der Waals surface area contributed by atoms with Crippen molar-refractivity contribution in [2.24, 2.45) is 0 Å². The Kier molecular flexibility index (Phi) is 8.14. The summed E-state index contributed by atoms with van der Waals surface area (Å²) < 4.78 is 17.8. The lowest BCUT2D eigenvalue weighted by atomic mass is 10.1. The number of hydrogen-bond donors (Lipinski definition) is 3. The first-order chi connectivity index (χ1) is 13.8. The minimum Gasteiger partial charge on any atom is -0.452 e. The van der Waals surface area contributed by atoms with Gasteiger partial charge in [-0.1, -0.05) is 24.3 Å². The monoisotopic (exact) mass is 401 g/mol. The first-order valence-corrected chi connectivity index (χ1v) is 9.15. The number of esters is 1. The molecule has 0 aromatic heterocycles. The number of urea groups is 1. The van der Waals surface area contributed by atoms with Gasteiger partial charge in [0, 0.05) is 19.1 Å². The number of nitrogens with one attached hydrogen (secondary N) is 3. The van der Waals surface area contributed by atoms with Gasteiger partial charge in [-0.3, -0.25) is 4.79 Å². The molecular weight excluding hydrogens is 377 g/mol. The van der Waals surface area contributed by atoms with Crippen LogP contribution in [-0.2, 0) is 22.6 Å². The molecule has 2 aromatic rings. The van der Waals surface area contributed by atoms with Crippen molar-refractivity contribution >= 4 is 17.9 Å². The van der Waals surface area contributed by atoms with Crippen molar-refractivity contribution < 1.29 is 23.5 Å². The van der Waals surface area contributed by atoms with Gasteiger partial charge in [0.15, 0.2) is 6.61 Å². The van der Waals surface area contributed by atoms with Crippen LogP contribution in [0.5, 0.6) is 0 Å². The Morgan fingerprint density at radius 1 is 0.897 bits per heavy atom. The highest BCUT2D eigenvalue weighted by molar-refractivity contribution is 5.91. The lowest BCUT2D eigenvalue weighted by molar-refractivity contribution is -0.124. The normalized spacial score (nSPS) is 10.3. The van der Waals surface area contributed by atoms with E-state index in [4.69, 9.17) is 4.74 Å². The third-order valence-electron chi connectivity index (χ3n) is 3.80. The van der Waals surface area contributed by atoms with Gasteiger partial charge in [-0.2, -0.15) is 0 Å². The molecule has 3 amide bonds. The fourth-order valence-corrected chi connectivity index (χ4v) is 2.32. The zero-order chi connectivity index (χ0) is 21.2. The SMILES string of the molecule is CC(C)NC(=O)NCc1ccc(C(=O)OCC(=O)NCc2ccc(F)cc2)cc1. The Hall–Kier alpha value is -3.42. The Morgan fingerprint density at radius 3 is 2.03 bits per heavy atom. The van der Waals surface area contributed by atoms with E-state index in [0.29, 0.717) is 12.1 Å². The van der Waals surface area contributed by atoms with Crippen molar-refractivity contribution in [3.05, 3.63) is 71.0 Å². The number of halogens is 1. The fraction of sp³-hybridized carbons (Fsp3) is 0.286. The van der Waals surface area contributed by atoms with Crippen molar-refractivity contribution in [2.45, 2.75) is 33.0 Å². The maximum Gasteiger partial charge on any atom is 0.338 e. The highest BCUT2D eigenvalue weighted by Crippen LogP contribution is 2.06. The number of amides is 3. The quantitative estimate of drug-likeness (QED) is 0.592. The molecule has 7 nitrogen and oxygen atoms in total. The molecule has 0 heterocycles. The van der Waals surface area contributed by atoms with Gasteiger partial charge in [0.05, 0.1) is 5.56 Å². The molecule has 0 unspecified atom stereocenters. The number of hydrogen-bond acceptors (Lipinski definition) is 4. The molecule has 0 aliphatic heterocycles.